The number of ether oxygens (including phenoxy) is 2. The van der Waals surface area contributed by atoms with Crippen LogP contribution in [0.1, 0.15) is 99.8 Å². The Labute approximate surface area is 211 Å². The van der Waals surface area contributed by atoms with Gasteiger partial charge in [-0.2, -0.15) is 0 Å². The zero-order chi connectivity index (χ0) is 25.2. The van der Waals surface area contributed by atoms with E-state index in [1.165, 1.54) is 12.8 Å². The number of aliphatic hydroxyl groups is 3. The van der Waals surface area contributed by atoms with E-state index in [4.69, 9.17) is 9.47 Å². The van der Waals surface area contributed by atoms with Gasteiger partial charge in [-0.25, -0.2) is 0 Å². The molecule has 0 aromatic rings. The highest BCUT2D eigenvalue weighted by Gasteiger charge is 2.87. The lowest BCUT2D eigenvalue weighted by Gasteiger charge is -2.64. The van der Waals surface area contributed by atoms with Crippen molar-refractivity contribution in [3.63, 3.8) is 0 Å². The molecule has 0 aromatic heterocycles. The molecule has 3 N–H and O–H groups in total. The van der Waals surface area contributed by atoms with Gasteiger partial charge in [0.25, 0.3) is 0 Å². The van der Waals surface area contributed by atoms with E-state index in [-0.39, 0.29) is 63.3 Å². The van der Waals surface area contributed by atoms with Crippen molar-refractivity contribution in [2.24, 2.45) is 50.7 Å². The van der Waals surface area contributed by atoms with Crippen molar-refractivity contribution < 1.29 is 24.8 Å². The lowest BCUT2D eigenvalue weighted by Crippen LogP contribution is -2.62. The fourth-order valence-electron chi connectivity index (χ4n) is 12.7. The van der Waals surface area contributed by atoms with Crippen LogP contribution < -0.4 is 0 Å². The van der Waals surface area contributed by atoms with E-state index in [9.17, 15) is 15.3 Å². The Morgan fingerprint density at radius 3 is 2.23 bits per heavy atom. The first-order valence-electron chi connectivity index (χ1n) is 14.5. The Bertz CT molecular complexity index is 957. The molecule has 0 amide bonds. The molecule has 2 heterocycles. The molecule has 5 nitrogen and oxygen atoms in total. The molecular weight excluding hydrogens is 440 g/mol. The number of hydrogen-bond acceptors (Lipinski definition) is 5. The summed E-state index contributed by atoms with van der Waals surface area (Å²) in [7, 11) is 0. The topological polar surface area (TPSA) is 79.2 Å². The molecule has 13 atom stereocenters. The van der Waals surface area contributed by atoms with Crippen molar-refractivity contribution in [3.8, 4) is 0 Å². The summed E-state index contributed by atoms with van der Waals surface area (Å²) < 4.78 is 13.7. The number of rotatable bonds is 1. The summed E-state index contributed by atoms with van der Waals surface area (Å²) in [4.78, 5) is 0. The third-order valence-corrected chi connectivity index (χ3v) is 14.0. The van der Waals surface area contributed by atoms with Gasteiger partial charge in [-0.05, 0) is 104 Å². The minimum atomic E-state index is -0.938. The van der Waals surface area contributed by atoms with Gasteiger partial charge < -0.3 is 24.8 Å². The SMILES string of the molecule is C[C@@H]1C[C@H]2O[C@]3(C[C@@]4(C)C5[C@@H](O)CC6C(C)(C)C(O)CC[C@@]67C[C@@]57CC[C@]4(C)C13)OC2C(C)(C)O. The average Bonchev–Trinajstić information content (AvgIpc) is 3.20. The maximum Gasteiger partial charge on any atom is 0.173 e. The second-order valence-electron chi connectivity index (χ2n) is 16.1. The van der Waals surface area contributed by atoms with Gasteiger partial charge in [-0.15, -0.1) is 0 Å². The van der Waals surface area contributed by atoms with Crippen molar-refractivity contribution >= 4 is 0 Å². The predicted octanol–water partition coefficient (Wildman–Crippen LogP) is 4.66. The summed E-state index contributed by atoms with van der Waals surface area (Å²) >= 11 is 0. The van der Waals surface area contributed by atoms with Crippen LogP contribution in [0.3, 0.4) is 0 Å². The summed E-state index contributed by atoms with van der Waals surface area (Å²) in [5.74, 6) is 0.733. The van der Waals surface area contributed by atoms with Gasteiger partial charge in [0.2, 0.25) is 0 Å². The highest BCUT2D eigenvalue weighted by Crippen LogP contribution is 2.90. The minimum Gasteiger partial charge on any atom is -0.393 e. The molecule has 198 valence electrons. The molecule has 0 aromatic carbocycles. The largest absolute Gasteiger partial charge is 0.393 e. The van der Waals surface area contributed by atoms with Gasteiger partial charge in [0.1, 0.15) is 6.10 Å². The number of aliphatic hydroxyl groups excluding tert-OH is 2. The van der Waals surface area contributed by atoms with Crippen molar-refractivity contribution in [3.05, 3.63) is 0 Å². The second kappa shape index (κ2) is 6.33. The summed E-state index contributed by atoms with van der Waals surface area (Å²) in [6.07, 6.45) is 7.16. The molecule has 35 heavy (non-hydrogen) atoms. The minimum absolute atomic E-state index is 0.0308. The third kappa shape index (κ3) is 2.42. The van der Waals surface area contributed by atoms with E-state index < -0.39 is 11.4 Å². The monoisotopic (exact) mass is 488 g/mol. The Morgan fingerprint density at radius 2 is 1.54 bits per heavy atom. The van der Waals surface area contributed by atoms with Crippen LogP contribution in [0.2, 0.25) is 0 Å². The number of hydrogen-bond donors (Lipinski definition) is 3. The predicted molar refractivity (Wildman–Crippen MR) is 132 cm³/mol. The quantitative estimate of drug-likeness (QED) is 0.500. The van der Waals surface area contributed by atoms with E-state index >= 15 is 0 Å². The van der Waals surface area contributed by atoms with Gasteiger partial charge in [0.15, 0.2) is 5.79 Å². The van der Waals surface area contributed by atoms with Crippen LogP contribution in [0, 0.1) is 50.7 Å². The van der Waals surface area contributed by atoms with E-state index in [1.807, 2.05) is 13.8 Å². The molecule has 5 unspecified atom stereocenters. The van der Waals surface area contributed by atoms with E-state index in [0.29, 0.717) is 11.8 Å². The van der Waals surface area contributed by atoms with Gasteiger partial charge in [-0.1, -0.05) is 34.6 Å². The zero-order valence-electron chi connectivity index (χ0n) is 22.9. The highest BCUT2D eigenvalue weighted by molar-refractivity contribution is 5.33. The average molecular weight is 489 g/mol. The molecule has 5 heteroatoms. The fourth-order valence-corrected chi connectivity index (χ4v) is 12.7. The molecule has 7 fully saturated rings. The molecule has 2 saturated heterocycles. The maximum absolute atomic E-state index is 12.0. The normalized spacial score (nSPS) is 63.9. The van der Waals surface area contributed by atoms with Crippen LogP contribution in [-0.2, 0) is 9.47 Å². The molecule has 2 aliphatic heterocycles. The van der Waals surface area contributed by atoms with E-state index in [2.05, 4.69) is 34.6 Å². The Kier molecular flexibility index (Phi) is 4.32. The lowest BCUT2D eigenvalue weighted by atomic mass is 9.41. The zero-order valence-corrected chi connectivity index (χ0v) is 22.9. The first kappa shape index (κ1) is 23.9. The van der Waals surface area contributed by atoms with Gasteiger partial charge in [-0.3, -0.25) is 0 Å². The first-order chi connectivity index (χ1) is 16.1. The van der Waals surface area contributed by atoms with E-state index in [0.717, 1.165) is 38.5 Å². The highest BCUT2D eigenvalue weighted by atomic mass is 16.8. The molecule has 7 rings (SSSR count). The molecule has 7 aliphatic rings. The van der Waals surface area contributed by atoms with Crippen LogP contribution in [0.4, 0.5) is 0 Å². The smallest absolute Gasteiger partial charge is 0.173 e. The van der Waals surface area contributed by atoms with Crippen molar-refractivity contribution in [1.29, 1.82) is 0 Å². The molecule has 2 bridgehead atoms. The molecular formula is C30H48O5. The summed E-state index contributed by atoms with van der Waals surface area (Å²) in [5, 5.41) is 33.9. The number of fused-ring (bicyclic) bond motifs is 4. The Balaban J connectivity index is 1.32. The summed E-state index contributed by atoms with van der Waals surface area (Å²) in [6, 6.07) is 0. The maximum atomic E-state index is 12.0. The van der Waals surface area contributed by atoms with E-state index in [1.54, 1.807) is 0 Å². The molecule has 0 radical (unpaired) electrons. The summed E-state index contributed by atoms with van der Waals surface area (Å²) in [6.45, 7) is 15.5. The Morgan fingerprint density at radius 1 is 0.829 bits per heavy atom. The Hall–Kier alpha value is -0.200. The second-order valence-corrected chi connectivity index (χ2v) is 16.1. The first-order valence-corrected chi connectivity index (χ1v) is 14.5. The van der Waals surface area contributed by atoms with Crippen molar-refractivity contribution in [2.75, 3.05) is 0 Å². The molecule has 5 aliphatic carbocycles. The third-order valence-electron chi connectivity index (χ3n) is 14.0. The fraction of sp³-hybridized carbons (Fsp3) is 1.00. The van der Waals surface area contributed by atoms with Crippen molar-refractivity contribution in [2.45, 2.75) is 136 Å². The van der Waals surface area contributed by atoms with Crippen LogP contribution in [0.5, 0.6) is 0 Å². The van der Waals surface area contributed by atoms with Gasteiger partial charge in [0, 0.05) is 12.3 Å². The molecule has 3 spiro atoms. The molecule has 5 saturated carbocycles. The van der Waals surface area contributed by atoms with Crippen molar-refractivity contribution in [1.82, 2.24) is 0 Å². The van der Waals surface area contributed by atoms with Gasteiger partial charge in [0.05, 0.1) is 23.9 Å². The van der Waals surface area contributed by atoms with Crippen LogP contribution in [-0.4, -0.2) is 51.1 Å². The standard InChI is InChI=1S/C30H48O5/c1-16-12-18-23(25(4,5)33)35-30(34-18)14-27(7)22-17(31)13-19-24(2,3)20(32)8-9-28(19)15-29(22,28)11-10-26(27,6)21(16)30/h16-23,31-33H,8-15H2,1-7H3/t16-,17+,18-,19?,20?,21?,22?,23?,26-,27+,28-,29+,30-/m1/s1. The van der Waals surface area contributed by atoms with Gasteiger partial charge >= 0.3 is 0 Å². The van der Waals surface area contributed by atoms with Crippen LogP contribution >= 0.6 is 0 Å². The van der Waals surface area contributed by atoms with Crippen LogP contribution in [0.25, 0.3) is 0 Å². The van der Waals surface area contributed by atoms with Crippen LogP contribution in [0.15, 0.2) is 0 Å². The summed E-state index contributed by atoms with van der Waals surface area (Å²) in [5.41, 5.74) is -0.674. The lowest BCUT2D eigenvalue weighted by molar-refractivity contribution is -0.245.